The molecule has 0 heterocycles. The molecule has 1 aromatic carbocycles. The van der Waals surface area contributed by atoms with E-state index in [1.54, 1.807) is 0 Å². The normalized spacial score (nSPS) is 25.4. The van der Waals surface area contributed by atoms with Crippen LogP contribution in [0.2, 0.25) is 0 Å². The highest BCUT2D eigenvalue weighted by atomic mass is 32.2. The van der Waals surface area contributed by atoms with E-state index in [0.717, 1.165) is 41.7 Å². The molecule has 0 spiro atoms. The van der Waals surface area contributed by atoms with E-state index in [9.17, 15) is 9.47 Å². The third kappa shape index (κ3) is 2.64. The Morgan fingerprint density at radius 1 is 1.28 bits per heavy atom. The van der Waals surface area contributed by atoms with Gasteiger partial charge in [-0.05, 0) is 43.9 Å². The van der Waals surface area contributed by atoms with Gasteiger partial charge in [-0.1, -0.05) is 25.0 Å². The molecule has 0 aromatic heterocycles. The molecule has 1 aliphatic rings. The Bertz CT molecular complexity index is 504. The highest BCUT2D eigenvalue weighted by molar-refractivity contribution is 7.85. The fourth-order valence-electron chi connectivity index (χ4n) is 2.59. The van der Waals surface area contributed by atoms with E-state index in [-0.39, 0.29) is 11.2 Å². The molecule has 3 heteroatoms. The molecule has 1 fully saturated rings. The molecule has 1 saturated carbocycles. The first kappa shape index (κ1) is 13.3. The molecule has 0 radical (unpaired) electrons. The van der Waals surface area contributed by atoms with Crippen molar-refractivity contribution in [2.75, 3.05) is 0 Å². The first-order valence-corrected chi connectivity index (χ1v) is 7.72. The van der Waals surface area contributed by atoms with Gasteiger partial charge >= 0.3 is 0 Å². The summed E-state index contributed by atoms with van der Waals surface area (Å²) in [7, 11) is -1.04. The van der Waals surface area contributed by atoms with Crippen molar-refractivity contribution in [2.45, 2.75) is 49.7 Å². The summed E-state index contributed by atoms with van der Waals surface area (Å²) in [5.74, 6) is -0.0421. The summed E-state index contributed by atoms with van der Waals surface area (Å²) < 4.78 is 12.7. The Morgan fingerprint density at radius 2 is 2.00 bits per heavy atom. The first-order valence-electron chi connectivity index (χ1n) is 6.51. The molecule has 96 valence electrons. The van der Waals surface area contributed by atoms with Gasteiger partial charge in [-0.2, -0.15) is 5.26 Å². The van der Waals surface area contributed by atoms with Crippen LogP contribution in [0.1, 0.15) is 36.8 Å². The van der Waals surface area contributed by atoms with E-state index in [2.05, 4.69) is 6.07 Å². The third-order valence-electron chi connectivity index (χ3n) is 3.70. The van der Waals surface area contributed by atoms with Crippen molar-refractivity contribution >= 4 is 10.8 Å². The van der Waals surface area contributed by atoms with Gasteiger partial charge in [0.25, 0.3) is 0 Å². The molecule has 0 saturated heterocycles. The summed E-state index contributed by atoms with van der Waals surface area (Å²) in [6.07, 6.45) is 4.01. The number of nitrogens with zero attached hydrogens (tertiary/aromatic N) is 1. The maximum atomic E-state index is 12.7. The third-order valence-corrected chi connectivity index (χ3v) is 5.69. The number of hydrogen-bond acceptors (Lipinski definition) is 2. The molecule has 2 nitrogen and oxygen atoms in total. The van der Waals surface area contributed by atoms with E-state index < -0.39 is 10.8 Å². The molecule has 1 aromatic rings. The van der Waals surface area contributed by atoms with Crippen molar-refractivity contribution in [2.24, 2.45) is 5.92 Å². The van der Waals surface area contributed by atoms with Crippen LogP contribution in [0.15, 0.2) is 23.1 Å². The molecule has 0 aliphatic heterocycles. The number of aryl methyl sites for hydroxylation is 2. The standard InChI is InChI=1S/C15H19NOS/c1-11-7-8-12(2)15(9-11)18(17)14-6-4-3-5-13(14)10-16/h7-9,13-14H,3-6H2,1-2H3. The Kier molecular flexibility index (Phi) is 4.19. The van der Waals surface area contributed by atoms with Crippen molar-refractivity contribution in [1.29, 1.82) is 5.26 Å². The lowest BCUT2D eigenvalue weighted by Crippen LogP contribution is -2.28. The van der Waals surface area contributed by atoms with Crippen molar-refractivity contribution in [3.8, 4) is 6.07 Å². The van der Waals surface area contributed by atoms with Gasteiger partial charge in [0.1, 0.15) is 0 Å². The number of nitriles is 1. The maximum Gasteiger partial charge on any atom is 0.0668 e. The van der Waals surface area contributed by atoms with Crippen molar-refractivity contribution in [1.82, 2.24) is 0 Å². The minimum Gasteiger partial charge on any atom is -0.254 e. The van der Waals surface area contributed by atoms with Gasteiger partial charge in [0.2, 0.25) is 0 Å². The summed E-state index contributed by atoms with van der Waals surface area (Å²) in [6, 6.07) is 8.42. The largest absolute Gasteiger partial charge is 0.254 e. The molecule has 0 bridgehead atoms. The monoisotopic (exact) mass is 261 g/mol. The van der Waals surface area contributed by atoms with Crippen molar-refractivity contribution < 1.29 is 4.21 Å². The predicted octanol–water partition coefficient (Wildman–Crippen LogP) is 3.49. The van der Waals surface area contributed by atoms with E-state index in [1.165, 1.54) is 0 Å². The van der Waals surface area contributed by atoms with Gasteiger partial charge in [-0.25, -0.2) is 0 Å². The van der Waals surface area contributed by atoms with Crippen LogP contribution in [0.5, 0.6) is 0 Å². The Morgan fingerprint density at radius 3 is 2.72 bits per heavy atom. The minimum atomic E-state index is -1.04. The average Bonchev–Trinajstić information content (AvgIpc) is 2.40. The lowest BCUT2D eigenvalue weighted by atomic mass is 9.90. The molecule has 3 unspecified atom stereocenters. The zero-order valence-electron chi connectivity index (χ0n) is 11.0. The predicted molar refractivity (Wildman–Crippen MR) is 73.7 cm³/mol. The fourth-order valence-corrected chi connectivity index (χ4v) is 4.48. The fraction of sp³-hybridized carbons (Fsp3) is 0.533. The Hall–Kier alpha value is -1.14. The molecular formula is C15H19NOS. The number of rotatable bonds is 2. The zero-order valence-corrected chi connectivity index (χ0v) is 11.8. The van der Waals surface area contributed by atoms with E-state index in [1.807, 2.05) is 32.0 Å². The van der Waals surface area contributed by atoms with Crippen molar-refractivity contribution in [3.63, 3.8) is 0 Å². The molecule has 3 atom stereocenters. The van der Waals surface area contributed by atoms with Gasteiger partial charge < -0.3 is 0 Å². The van der Waals surface area contributed by atoms with Crippen LogP contribution >= 0.6 is 0 Å². The Labute approximate surface area is 111 Å². The second kappa shape index (κ2) is 5.67. The van der Waals surface area contributed by atoms with Crippen molar-refractivity contribution in [3.05, 3.63) is 29.3 Å². The van der Waals surface area contributed by atoms with E-state index in [0.29, 0.717) is 0 Å². The molecule has 1 aliphatic carbocycles. The summed E-state index contributed by atoms with van der Waals surface area (Å²) in [4.78, 5) is 0.919. The number of hydrogen-bond donors (Lipinski definition) is 0. The smallest absolute Gasteiger partial charge is 0.0668 e. The minimum absolute atomic E-state index is 0.0178. The second-order valence-corrected chi connectivity index (χ2v) is 6.77. The topological polar surface area (TPSA) is 40.9 Å². The van der Waals surface area contributed by atoms with Crippen LogP contribution in [0.25, 0.3) is 0 Å². The Balaban J connectivity index is 2.30. The summed E-state index contributed by atoms with van der Waals surface area (Å²) >= 11 is 0. The molecule has 0 N–H and O–H groups in total. The van der Waals surface area contributed by atoms with Crippen LogP contribution in [0, 0.1) is 31.1 Å². The first-order chi connectivity index (χ1) is 8.63. The van der Waals surface area contributed by atoms with Crippen LogP contribution in [0.3, 0.4) is 0 Å². The maximum absolute atomic E-state index is 12.7. The SMILES string of the molecule is Cc1ccc(C)c(S(=O)C2CCCCC2C#N)c1. The van der Waals surface area contributed by atoms with Crippen LogP contribution < -0.4 is 0 Å². The second-order valence-electron chi connectivity index (χ2n) is 5.12. The molecule has 18 heavy (non-hydrogen) atoms. The highest BCUT2D eigenvalue weighted by Crippen LogP contribution is 2.31. The summed E-state index contributed by atoms with van der Waals surface area (Å²) in [6.45, 7) is 4.01. The summed E-state index contributed by atoms with van der Waals surface area (Å²) in [5, 5.41) is 9.21. The van der Waals surface area contributed by atoms with Gasteiger partial charge in [-0.3, -0.25) is 4.21 Å². The summed E-state index contributed by atoms with van der Waals surface area (Å²) in [5.41, 5.74) is 2.20. The van der Waals surface area contributed by atoms with Crippen LogP contribution in [0.4, 0.5) is 0 Å². The lowest BCUT2D eigenvalue weighted by Gasteiger charge is -2.26. The van der Waals surface area contributed by atoms with Gasteiger partial charge in [0, 0.05) is 4.90 Å². The molecular weight excluding hydrogens is 242 g/mol. The van der Waals surface area contributed by atoms with Crippen LogP contribution in [-0.2, 0) is 10.8 Å². The van der Waals surface area contributed by atoms with Gasteiger partial charge in [0.05, 0.1) is 28.0 Å². The van der Waals surface area contributed by atoms with Gasteiger partial charge in [0.15, 0.2) is 0 Å². The van der Waals surface area contributed by atoms with E-state index in [4.69, 9.17) is 0 Å². The van der Waals surface area contributed by atoms with Gasteiger partial charge in [-0.15, -0.1) is 0 Å². The lowest BCUT2D eigenvalue weighted by molar-refractivity contribution is 0.431. The highest BCUT2D eigenvalue weighted by Gasteiger charge is 2.31. The molecule has 0 amide bonds. The zero-order chi connectivity index (χ0) is 13.1. The quantitative estimate of drug-likeness (QED) is 0.817. The number of benzene rings is 1. The van der Waals surface area contributed by atoms with E-state index >= 15 is 0 Å². The average molecular weight is 261 g/mol. The van der Waals surface area contributed by atoms with Crippen LogP contribution in [-0.4, -0.2) is 9.46 Å². The molecule has 2 rings (SSSR count).